The van der Waals surface area contributed by atoms with Gasteiger partial charge in [0.1, 0.15) is 11.6 Å². The van der Waals surface area contributed by atoms with E-state index in [1.54, 1.807) is 16.2 Å². The summed E-state index contributed by atoms with van der Waals surface area (Å²) in [5.41, 5.74) is -0.765. The van der Waals surface area contributed by atoms with Gasteiger partial charge in [-0.2, -0.15) is 0 Å². The number of carbonyl (C=O) groups is 2. The number of hydrogen-bond acceptors (Lipinski definition) is 3. The molecule has 2 heterocycles. The number of piperazine rings is 1. The van der Waals surface area contributed by atoms with E-state index in [-0.39, 0.29) is 11.8 Å². The number of amides is 2. The van der Waals surface area contributed by atoms with Crippen LogP contribution in [0.3, 0.4) is 0 Å². The topological polar surface area (TPSA) is 49.4 Å². The molecule has 1 fully saturated rings. The summed E-state index contributed by atoms with van der Waals surface area (Å²) in [5, 5.41) is 2.84. The molecule has 110 valence electrons. The predicted octanol–water partition coefficient (Wildman–Crippen LogP) is 2.92. The summed E-state index contributed by atoms with van der Waals surface area (Å²) in [5.74, 6) is -0.0388. The summed E-state index contributed by atoms with van der Waals surface area (Å²) < 4.78 is 1.03. The minimum atomic E-state index is -0.765. The van der Waals surface area contributed by atoms with Gasteiger partial charge in [0.2, 0.25) is 11.8 Å². The number of carbonyl (C=O) groups excluding carboxylic acids is 2. The lowest BCUT2D eigenvalue weighted by molar-refractivity contribution is -0.157. The zero-order valence-electron chi connectivity index (χ0n) is 11.9. The summed E-state index contributed by atoms with van der Waals surface area (Å²) >= 11 is 5.03. The second-order valence-electron chi connectivity index (χ2n) is 5.19. The number of nitrogens with one attached hydrogen (secondary N) is 1. The van der Waals surface area contributed by atoms with Crippen molar-refractivity contribution in [1.82, 2.24) is 10.2 Å². The van der Waals surface area contributed by atoms with Crippen LogP contribution in [0, 0.1) is 0 Å². The molecule has 2 rings (SSSR count). The third-order valence-corrected chi connectivity index (χ3v) is 5.60. The molecule has 6 heteroatoms. The van der Waals surface area contributed by atoms with Gasteiger partial charge in [0.15, 0.2) is 0 Å². The van der Waals surface area contributed by atoms with Gasteiger partial charge in [-0.3, -0.25) is 9.59 Å². The number of hydrogen-bond donors (Lipinski definition) is 1. The summed E-state index contributed by atoms with van der Waals surface area (Å²) in [6, 6.07) is 3.56. The molecule has 20 heavy (non-hydrogen) atoms. The smallest absolute Gasteiger partial charge is 0.246 e. The van der Waals surface area contributed by atoms with Gasteiger partial charge in [-0.25, -0.2) is 0 Å². The van der Waals surface area contributed by atoms with E-state index in [2.05, 4.69) is 21.2 Å². The van der Waals surface area contributed by atoms with E-state index in [1.807, 2.05) is 32.9 Å². The zero-order chi connectivity index (χ0) is 14.9. The van der Waals surface area contributed by atoms with Crippen molar-refractivity contribution >= 4 is 39.1 Å². The Morgan fingerprint density at radius 2 is 2.10 bits per heavy atom. The van der Waals surface area contributed by atoms with Gasteiger partial charge in [0.25, 0.3) is 0 Å². The van der Waals surface area contributed by atoms with Crippen molar-refractivity contribution in [3.05, 3.63) is 20.8 Å². The molecule has 2 atom stereocenters. The van der Waals surface area contributed by atoms with Crippen LogP contribution >= 0.6 is 27.3 Å². The minimum absolute atomic E-state index is 0.0148. The van der Waals surface area contributed by atoms with Gasteiger partial charge in [-0.15, -0.1) is 11.3 Å². The number of thiophene rings is 1. The molecule has 1 aromatic heterocycles. The van der Waals surface area contributed by atoms with Crippen molar-refractivity contribution in [2.45, 2.75) is 51.7 Å². The fourth-order valence-electron chi connectivity index (χ4n) is 2.40. The lowest BCUT2D eigenvalue weighted by atomic mass is 9.90. The Kier molecular flexibility index (Phi) is 4.54. The Balaban J connectivity index is 2.32. The molecule has 1 aliphatic heterocycles. The Bertz CT molecular complexity index is 531. The van der Waals surface area contributed by atoms with Crippen LogP contribution < -0.4 is 5.32 Å². The van der Waals surface area contributed by atoms with Gasteiger partial charge in [0.05, 0.1) is 10.3 Å². The standard InChI is InChI=1S/C14H19BrN2O2S/c1-4-10-12(18)17(8-9-6-7-11(15)20-9)14(3,5-2)13(19)16-10/h6-7,10H,4-5,8H2,1-3H3,(H,16,19). The molecule has 0 saturated carbocycles. The largest absolute Gasteiger partial charge is 0.342 e. The Hall–Kier alpha value is -0.880. The summed E-state index contributed by atoms with van der Waals surface area (Å²) in [6.07, 6.45) is 1.22. The molecule has 1 aliphatic rings. The SMILES string of the molecule is CCC1NC(=O)C(C)(CC)N(Cc2ccc(Br)s2)C1=O. The van der Waals surface area contributed by atoms with E-state index in [0.29, 0.717) is 19.4 Å². The molecule has 1 aromatic rings. The third kappa shape index (κ3) is 2.63. The summed E-state index contributed by atoms with van der Waals surface area (Å²) in [7, 11) is 0. The maximum absolute atomic E-state index is 12.6. The van der Waals surface area contributed by atoms with E-state index < -0.39 is 11.6 Å². The van der Waals surface area contributed by atoms with Crippen LogP contribution in [0.4, 0.5) is 0 Å². The van der Waals surface area contributed by atoms with Crippen LogP contribution in [0.1, 0.15) is 38.5 Å². The first-order chi connectivity index (χ1) is 9.42. The third-order valence-electron chi connectivity index (χ3n) is 3.99. The molecule has 0 radical (unpaired) electrons. The second-order valence-corrected chi connectivity index (χ2v) is 7.74. The van der Waals surface area contributed by atoms with Crippen LogP contribution in [0.25, 0.3) is 0 Å². The highest BCUT2D eigenvalue weighted by molar-refractivity contribution is 9.11. The lowest BCUT2D eigenvalue weighted by Crippen LogP contribution is -2.68. The molecule has 2 unspecified atom stereocenters. The van der Waals surface area contributed by atoms with Crippen molar-refractivity contribution in [1.29, 1.82) is 0 Å². The highest BCUT2D eigenvalue weighted by atomic mass is 79.9. The van der Waals surface area contributed by atoms with E-state index in [9.17, 15) is 9.59 Å². The molecular formula is C14H19BrN2O2S. The van der Waals surface area contributed by atoms with Crippen molar-refractivity contribution in [2.24, 2.45) is 0 Å². The van der Waals surface area contributed by atoms with Crippen molar-refractivity contribution in [3.63, 3.8) is 0 Å². The molecular weight excluding hydrogens is 340 g/mol. The van der Waals surface area contributed by atoms with Gasteiger partial charge in [0, 0.05) is 4.88 Å². The van der Waals surface area contributed by atoms with Crippen molar-refractivity contribution < 1.29 is 9.59 Å². The van der Waals surface area contributed by atoms with Crippen molar-refractivity contribution in [3.8, 4) is 0 Å². The first kappa shape index (κ1) is 15.5. The summed E-state index contributed by atoms with van der Waals surface area (Å²) in [6.45, 7) is 6.19. The van der Waals surface area contributed by atoms with Crippen molar-refractivity contribution in [2.75, 3.05) is 0 Å². The summed E-state index contributed by atoms with van der Waals surface area (Å²) in [4.78, 5) is 27.8. The van der Waals surface area contributed by atoms with E-state index in [1.165, 1.54) is 0 Å². The normalized spacial score (nSPS) is 26.8. The molecule has 1 N–H and O–H groups in total. The van der Waals surface area contributed by atoms with Crippen LogP contribution in [-0.2, 0) is 16.1 Å². The Labute approximate surface area is 131 Å². The maximum Gasteiger partial charge on any atom is 0.246 e. The van der Waals surface area contributed by atoms with Gasteiger partial charge in [-0.05, 0) is 47.8 Å². The molecule has 0 bridgehead atoms. The number of rotatable bonds is 4. The second kappa shape index (κ2) is 5.85. The fraction of sp³-hybridized carbons (Fsp3) is 0.571. The van der Waals surface area contributed by atoms with Gasteiger partial charge < -0.3 is 10.2 Å². The van der Waals surface area contributed by atoms with Crippen LogP contribution in [-0.4, -0.2) is 28.3 Å². The molecule has 1 saturated heterocycles. The Morgan fingerprint density at radius 1 is 1.40 bits per heavy atom. The predicted molar refractivity (Wildman–Crippen MR) is 83.5 cm³/mol. The monoisotopic (exact) mass is 358 g/mol. The lowest BCUT2D eigenvalue weighted by Gasteiger charge is -2.45. The highest BCUT2D eigenvalue weighted by Gasteiger charge is 2.47. The number of nitrogens with zero attached hydrogens (tertiary/aromatic N) is 1. The number of halogens is 1. The first-order valence-electron chi connectivity index (χ1n) is 6.79. The fourth-order valence-corrected chi connectivity index (χ4v) is 3.87. The molecule has 0 aromatic carbocycles. The molecule has 2 amide bonds. The quantitative estimate of drug-likeness (QED) is 0.899. The zero-order valence-corrected chi connectivity index (χ0v) is 14.3. The van der Waals surface area contributed by atoms with Gasteiger partial charge in [-0.1, -0.05) is 13.8 Å². The van der Waals surface area contributed by atoms with Gasteiger partial charge >= 0.3 is 0 Å². The van der Waals surface area contributed by atoms with Crippen LogP contribution in [0.2, 0.25) is 0 Å². The maximum atomic E-state index is 12.6. The minimum Gasteiger partial charge on any atom is -0.342 e. The highest BCUT2D eigenvalue weighted by Crippen LogP contribution is 2.30. The van der Waals surface area contributed by atoms with Crippen LogP contribution in [0.15, 0.2) is 15.9 Å². The average Bonchev–Trinajstić information content (AvgIpc) is 2.84. The Morgan fingerprint density at radius 3 is 2.60 bits per heavy atom. The molecule has 0 spiro atoms. The van der Waals surface area contributed by atoms with E-state index >= 15 is 0 Å². The van der Waals surface area contributed by atoms with E-state index in [0.717, 1.165) is 8.66 Å². The van der Waals surface area contributed by atoms with Crippen LogP contribution in [0.5, 0.6) is 0 Å². The molecule has 4 nitrogen and oxygen atoms in total. The average molecular weight is 359 g/mol. The van der Waals surface area contributed by atoms with E-state index in [4.69, 9.17) is 0 Å². The first-order valence-corrected chi connectivity index (χ1v) is 8.40. The molecule has 0 aliphatic carbocycles.